The maximum absolute atomic E-state index is 5.65. The summed E-state index contributed by atoms with van der Waals surface area (Å²) in [6, 6.07) is 1.78. The van der Waals surface area contributed by atoms with Crippen LogP contribution in [0.1, 0.15) is 24.4 Å². The molecule has 0 aliphatic heterocycles. The number of aromatic nitrogens is 4. The summed E-state index contributed by atoms with van der Waals surface area (Å²) in [5.41, 5.74) is 3.74. The van der Waals surface area contributed by atoms with Crippen LogP contribution in [0.15, 0.2) is 24.8 Å². The van der Waals surface area contributed by atoms with E-state index in [-0.39, 0.29) is 6.04 Å². The quantitative estimate of drug-likeness (QED) is 0.580. The number of nitrogens with two attached hydrogens (primary N) is 1. The highest BCUT2D eigenvalue weighted by molar-refractivity contribution is 5.33. The molecule has 1 atom stereocenters. The Morgan fingerprint density at radius 1 is 1.53 bits per heavy atom. The first-order valence-electron chi connectivity index (χ1n) is 6.10. The zero-order chi connectivity index (χ0) is 13.7. The van der Waals surface area contributed by atoms with Gasteiger partial charge in [0.1, 0.15) is 17.9 Å². The number of methoxy groups -OCH3 is 1. The van der Waals surface area contributed by atoms with E-state index in [1.807, 2.05) is 17.7 Å². The Hall–Kier alpha value is -1.99. The number of aryl methyl sites for hydroxylation is 1. The second-order valence-corrected chi connectivity index (χ2v) is 4.03. The van der Waals surface area contributed by atoms with Crippen LogP contribution in [-0.2, 0) is 13.0 Å². The lowest BCUT2D eigenvalue weighted by molar-refractivity contribution is 0.395. The fraction of sp³-hybridized carbons (Fsp3) is 0.417. The molecule has 1 unspecified atom stereocenters. The van der Waals surface area contributed by atoms with Crippen molar-refractivity contribution in [3.8, 4) is 5.75 Å². The molecule has 0 aliphatic carbocycles. The first-order valence-corrected chi connectivity index (χ1v) is 6.10. The SMILES string of the molecule is CCn1ncnc1CC(NN)c1ccncc1OC. The summed E-state index contributed by atoms with van der Waals surface area (Å²) in [6.07, 6.45) is 5.57. The third-order valence-electron chi connectivity index (χ3n) is 2.99. The smallest absolute Gasteiger partial charge is 0.141 e. The van der Waals surface area contributed by atoms with E-state index in [0.717, 1.165) is 17.9 Å². The van der Waals surface area contributed by atoms with Crippen molar-refractivity contribution in [3.63, 3.8) is 0 Å². The van der Waals surface area contributed by atoms with Gasteiger partial charge in [-0.1, -0.05) is 0 Å². The maximum atomic E-state index is 5.65. The maximum Gasteiger partial charge on any atom is 0.141 e. The summed E-state index contributed by atoms with van der Waals surface area (Å²) in [5, 5.41) is 4.15. The highest BCUT2D eigenvalue weighted by Gasteiger charge is 2.18. The van der Waals surface area contributed by atoms with Gasteiger partial charge in [0.15, 0.2) is 0 Å². The first kappa shape index (κ1) is 13.4. The number of ether oxygens (including phenoxy) is 1. The highest BCUT2D eigenvalue weighted by Crippen LogP contribution is 2.25. The number of hydrogen-bond donors (Lipinski definition) is 2. The van der Waals surface area contributed by atoms with Crippen LogP contribution in [0.25, 0.3) is 0 Å². The summed E-state index contributed by atoms with van der Waals surface area (Å²) in [5.74, 6) is 7.23. The molecule has 0 bridgehead atoms. The molecule has 102 valence electrons. The van der Waals surface area contributed by atoms with Crippen molar-refractivity contribution in [2.24, 2.45) is 5.84 Å². The van der Waals surface area contributed by atoms with Crippen molar-refractivity contribution in [1.82, 2.24) is 25.2 Å². The van der Waals surface area contributed by atoms with Gasteiger partial charge in [0, 0.05) is 24.7 Å². The molecule has 2 aromatic heterocycles. The first-order chi connectivity index (χ1) is 9.30. The van der Waals surface area contributed by atoms with E-state index in [1.54, 1.807) is 25.8 Å². The fourth-order valence-electron chi connectivity index (χ4n) is 2.00. The molecule has 0 saturated heterocycles. The van der Waals surface area contributed by atoms with Crippen molar-refractivity contribution in [2.75, 3.05) is 7.11 Å². The summed E-state index contributed by atoms with van der Waals surface area (Å²) in [7, 11) is 1.61. The van der Waals surface area contributed by atoms with E-state index in [4.69, 9.17) is 10.6 Å². The van der Waals surface area contributed by atoms with Crippen molar-refractivity contribution >= 4 is 0 Å². The molecule has 0 fully saturated rings. The minimum absolute atomic E-state index is 0.104. The van der Waals surface area contributed by atoms with Crippen molar-refractivity contribution in [3.05, 3.63) is 36.2 Å². The van der Waals surface area contributed by atoms with Gasteiger partial charge in [-0.3, -0.25) is 20.9 Å². The lowest BCUT2D eigenvalue weighted by Gasteiger charge is -2.18. The van der Waals surface area contributed by atoms with Gasteiger partial charge in [-0.15, -0.1) is 0 Å². The predicted octanol–water partition coefficient (Wildman–Crippen LogP) is 0.449. The molecular formula is C12H18N6O. The van der Waals surface area contributed by atoms with Gasteiger partial charge in [0.05, 0.1) is 19.3 Å². The molecule has 2 rings (SSSR count). The molecule has 19 heavy (non-hydrogen) atoms. The Bertz CT molecular complexity index is 526. The van der Waals surface area contributed by atoms with E-state index in [0.29, 0.717) is 12.2 Å². The van der Waals surface area contributed by atoms with Gasteiger partial charge >= 0.3 is 0 Å². The number of rotatable bonds is 6. The monoisotopic (exact) mass is 262 g/mol. The zero-order valence-corrected chi connectivity index (χ0v) is 11.1. The number of nitrogens with one attached hydrogen (secondary N) is 1. The molecular weight excluding hydrogens is 244 g/mol. The predicted molar refractivity (Wildman–Crippen MR) is 70.3 cm³/mol. The minimum Gasteiger partial charge on any atom is -0.495 e. The molecule has 0 aromatic carbocycles. The van der Waals surface area contributed by atoms with Crippen LogP contribution in [0.2, 0.25) is 0 Å². The van der Waals surface area contributed by atoms with Crippen molar-refractivity contribution in [1.29, 1.82) is 0 Å². The summed E-state index contributed by atoms with van der Waals surface area (Å²) in [6.45, 7) is 2.80. The van der Waals surface area contributed by atoms with Crippen LogP contribution in [0.4, 0.5) is 0 Å². The number of nitrogens with zero attached hydrogens (tertiary/aromatic N) is 4. The Morgan fingerprint density at radius 3 is 3.05 bits per heavy atom. The molecule has 3 N–H and O–H groups in total. The normalized spacial score (nSPS) is 12.4. The second kappa shape index (κ2) is 6.26. The summed E-state index contributed by atoms with van der Waals surface area (Å²) < 4.78 is 7.15. The molecule has 0 aliphatic rings. The molecule has 0 radical (unpaired) electrons. The van der Waals surface area contributed by atoms with Crippen LogP contribution in [0, 0.1) is 0 Å². The van der Waals surface area contributed by atoms with Gasteiger partial charge < -0.3 is 4.74 Å². The van der Waals surface area contributed by atoms with Gasteiger partial charge in [-0.05, 0) is 13.0 Å². The second-order valence-electron chi connectivity index (χ2n) is 4.03. The van der Waals surface area contributed by atoms with Crippen LogP contribution in [-0.4, -0.2) is 26.9 Å². The van der Waals surface area contributed by atoms with Crippen molar-refractivity contribution in [2.45, 2.75) is 25.9 Å². The van der Waals surface area contributed by atoms with E-state index < -0.39 is 0 Å². The minimum atomic E-state index is -0.104. The summed E-state index contributed by atoms with van der Waals surface area (Å²) in [4.78, 5) is 8.29. The van der Waals surface area contributed by atoms with E-state index in [1.165, 1.54) is 0 Å². The molecule has 0 amide bonds. The van der Waals surface area contributed by atoms with Gasteiger partial charge in [0.25, 0.3) is 0 Å². The van der Waals surface area contributed by atoms with Crippen LogP contribution >= 0.6 is 0 Å². The van der Waals surface area contributed by atoms with Crippen LogP contribution in [0.5, 0.6) is 5.75 Å². The molecule has 7 heteroatoms. The molecule has 0 spiro atoms. The van der Waals surface area contributed by atoms with Gasteiger partial charge in [-0.25, -0.2) is 4.98 Å². The zero-order valence-electron chi connectivity index (χ0n) is 11.1. The average molecular weight is 262 g/mol. The van der Waals surface area contributed by atoms with Crippen LogP contribution in [0.3, 0.4) is 0 Å². The topological polar surface area (TPSA) is 90.9 Å². The molecule has 2 aromatic rings. The Morgan fingerprint density at radius 2 is 2.37 bits per heavy atom. The van der Waals surface area contributed by atoms with Crippen molar-refractivity contribution < 1.29 is 4.74 Å². The molecule has 7 nitrogen and oxygen atoms in total. The van der Waals surface area contributed by atoms with Gasteiger partial charge in [-0.2, -0.15) is 5.10 Å². The van der Waals surface area contributed by atoms with E-state index in [2.05, 4.69) is 20.5 Å². The third kappa shape index (κ3) is 2.88. The lowest BCUT2D eigenvalue weighted by Crippen LogP contribution is -2.30. The third-order valence-corrected chi connectivity index (χ3v) is 2.99. The average Bonchev–Trinajstić information content (AvgIpc) is 2.92. The standard InChI is InChI=1S/C12H18N6O/c1-3-18-12(15-8-16-18)6-10(17-13)9-4-5-14-7-11(9)19-2/h4-5,7-8,10,17H,3,6,13H2,1-2H3. The highest BCUT2D eigenvalue weighted by atomic mass is 16.5. The Labute approximate surface area is 111 Å². The van der Waals surface area contributed by atoms with Gasteiger partial charge in [0.2, 0.25) is 0 Å². The fourth-order valence-corrected chi connectivity index (χ4v) is 2.00. The number of pyridine rings is 1. The Kier molecular flexibility index (Phi) is 4.43. The van der Waals surface area contributed by atoms with E-state index >= 15 is 0 Å². The Balaban J connectivity index is 2.25. The molecule has 0 saturated carbocycles. The number of hydrogen-bond acceptors (Lipinski definition) is 6. The largest absolute Gasteiger partial charge is 0.495 e. The van der Waals surface area contributed by atoms with E-state index in [9.17, 15) is 0 Å². The molecule has 2 heterocycles. The summed E-state index contributed by atoms with van der Waals surface area (Å²) >= 11 is 0. The number of hydrazine groups is 1. The van der Waals surface area contributed by atoms with Crippen LogP contribution < -0.4 is 16.0 Å². The lowest BCUT2D eigenvalue weighted by atomic mass is 10.0.